The zero-order valence-electron chi connectivity index (χ0n) is 15.8. The summed E-state index contributed by atoms with van der Waals surface area (Å²) in [4.78, 5) is 20.5. The molecule has 0 spiro atoms. The van der Waals surface area contributed by atoms with E-state index in [1.807, 2.05) is 13.8 Å². The summed E-state index contributed by atoms with van der Waals surface area (Å²) in [7, 11) is -3.51. The SMILES string of the molecule is CCC(C)NS(=O)(=O)c1ccc(NC(=O)CNC2CCCC2)cc1.O=CO. The molecule has 1 aromatic rings. The van der Waals surface area contributed by atoms with Crippen molar-refractivity contribution in [2.45, 2.75) is 62.9 Å². The van der Waals surface area contributed by atoms with E-state index in [0.29, 0.717) is 11.7 Å². The molecule has 1 aliphatic rings. The predicted octanol–water partition coefficient (Wildman–Crippen LogP) is 1.93. The lowest BCUT2D eigenvalue weighted by atomic mass is 10.2. The molecule has 152 valence electrons. The number of amides is 1. The van der Waals surface area contributed by atoms with Gasteiger partial charge in [0.15, 0.2) is 0 Å². The average Bonchev–Trinajstić information content (AvgIpc) is 3.14. The highest BCUT2D eigenvalue weighted by Crippen LogP contribution is 2.17. The van der Waals surface area contributed by atoms with Gasteiger partial charge in [0.25, 0.3) is 6.47 Å². The smallest absolute Gasteiger partial charge is 0.290 e. The molecule has 1 aromatic carbocycles. The van der Waals surface area contributed by atoms with E-state index in [-0.39, 0.29) is 29.9 Å². The summed E-state index contributed by atoms with van der Waals surface area (Å²) in [5.74, 6) is -0.116. The highest BCUT2D eigenvalue weighted by Gasteiger charge is 2.17. The van der Waals surface area contributed by atoms with Crippen LogP contribution in [0.2, 0.25) is 0 Å². The van der Waals surface area contributed by atoms with Crippen molar-refractivity contribution in [3.05, 3.63) is 24.3 Å². The first-order valence-corrected chi connectivity index (χ1v) is 10.5. The first-order chi connectivity index (χ1) is 12.8. The second-order valence-corrected chi connectivity index (χ2v) is 8.18. The third-order valence-corrected chi connectivity index (χ3v) is 5.93. The van der Waals surface area contributed by atoms with Crippen molar-refractivity contribution in [1.29, 1.82) is 0 Å². The van der Waals surface area contributed by atoms with E-state index in [9.17, 15) is 13.2 Å². The topological polar surface area (TPSA) is 125 Å². The van der Waals surface area contributed by atoms with Gasteiger partial charge in [-0.05, 0) is 50.5 Å². The van der Waals surface area contributed by atoms with Crippen LogP contribution in [-0.4, -0.2) is 44.5 Å². The Balaban J connectivity index is 0.00000114. The highest BCUT2D eigenvalue weighted by molar-refractivity contribution is 7.89. The first kappa shape index (κ1) is 23.1. The Morgan fingerprint density at radius 2 is 1.81 bits per heavy atom. The number of rotatable bonds is 8. The summed E-state index contributed by atoms with van der Waals surface area (Å²) < 4.78 is 27.0. The molecule has 8 nitrogen and oxygen atoms in total. The minimum absolute atomic E-state index is 0.115. The maximum atomic E-state index is 12.2. The molecule has 0 saturated heterocycles. The van der Waals surface area contributed by atoms with Crippen LogP contribution in [-0.2, 0) is 19.6 Å². The van der Waals surface area contributed by atoms with Gasteiger partial charge in [-0.15, -0.1) is 0 Å². The van der Waals surface area contributed by atoms with E-state index in [1.54, 1.807) is 12.1 Å². The molecule has 0 aromatic heterocycles. The minimum Gasteiger partial charge on any atom is -0.483 e. The van der Waals surface area contributed by atoms with Gasteiger partial charge in [-0.1, -0.05) is 19.8 Å². The predicted molar refractivity (Wildman–Crippen MR) is 104 cm³/mol. The van der Waals surface area contributed by atoms with Crippen molar-refractivity contribution >= 4 is 28.1 Å². The van der Waals surface area contributed by atoms with Crippen molar-refractivity contribution in [1.82, 2.24) is 10.0 Å². The molecule has 1 amide bonds. The third kappa shape index (κ3) is 8.51. The molecule has 2 rings (SSSR count). The molecule has 9 heteroatoms. The van der Waals surface area contributed by atoms with E-state index in [2.05, 4.69) is 15.4 Å². The number of carbonyl (C=O) groups is 2. The summed E-state index contributed by atoms with van der Waals surface area (Å²) in [5, 5.41) is 12.9. The summed E-state index contributed by atoms with van der Waals surface area (Å²) in [6.45, 7) is 3.77. The highest BCUT2D eigenvalue weighted by atomic mass is 32.2. The summed E-state index contributed by atoms with van der Waals surface area (Å²) in [6, 6.07) is 6.55. The van der Waals surface area contributed by atoms with E-state index >= 15 is 0 Å². The van der Waals surface area contributed by atoms with Gasteiger partial charge in [0, 0.05) is 17.8 Å². The average molecular weight is 400 g/mol. The maximum Gasteiger partial charge on any atom is 0.290 e. The summed E-state index contributed by atoms with van der Waals surface area (Å²) >= 11 is 0. The number of carbonyl (C=O) groups excluding carboxylic acids is 1. The summed E-state index contributed by atoms with van der Waals surface area (Å²) in [5.41, 5.74) is 0.593. The summed E-state index contributed by atoms with van der Waals surface area (Å²) in [6.07, 6.45) is 5.42. The van der Waals surface area contributed by atoms with Crippen molar-refractivity contribution in [2.24, 2.45) is 0 Å². The van der Waals surface area contributed by atoms with Crippen LogP contribution in [0.5, 0.6) is 0 Å². The molecule has 27 heavy (non-hydrogen) atoms. The molecule has 1 saturated carbocycles. The number of benzene rings is 1. The van der Waals surface area contributed by atoms with E-state index in [1.165, 1.54) is 25.0 Å². The van der Waals surface area contributed by atoms with Gasteiger partial charge in [0.2, 0.25) is 15.9 Å². The number of anilines is 1. The monoisotopic (exact) mass is 399 g/mol. The Hall–Kier alpha value is -1.97. The number of nitrogens with one attached hydrogen (secondary N) is 3. The Kier molecular flexibility index (Phi) is 9.98. The van der Waals surface area contributed by atoms with Crippen molar-refractivity contribution in [2.75, 3.05) is 11.9 Å². The molecule has 0 bridgehead atoms. The van der Waals surface area contributed by atoms with Crippen molar-refractivity contribution in [3.8, 4) is 0 Å². The van der Waals surface area contributed by atoms with E-state index in [0.717, 1.165) is 19.3 Å². The van der Waals surface area contributed by atoms with Crippen LogP contribution in [0.1, 0.15) is 46.0 Å². The fraction of sp³-hybridized carbons (Fsp3) is 0.556. The molecule has 1 unspecified atom stereocenters. The Bertz CT molecular complexity index is 685. The molecule has 1 fully saturated rings. The zero-order chi connectivity index (χ0) is 20.3. The lowest BCUT2D eigenvalue weighted by molar-refractivity contribution is -0.123. The van der Waals surface area contributed by atoms with Gasteiger partial charge in [-0.3, -0.25) is 9.59 Å². The van der Waals surface area contributed by atoms with Gasteiger partial charge in [-0.25, -0.2) is 13.1 Å². The molecule has 1 atom stereocenters. The van der Waals surface area contributed by atoms with Crippen LogP contribution in [0, 0.1) is 0 Å². The molecule has 0 heterocycles. The third-order valence-electron chi connectivity index (χ3n) is 4.32. The van der Waals surface area contributed by atoms with Gasteiger partial charge in [0.1, 0.15) is 0 Å². The second kappa shape index (κ2) is 11.7. The van der Waals surface area contributed by atoms with E-state index < -0.39 is 10.0 Å². The molecule has 1 aliphatic carbocycles. The number of hydrogen-bond donors (Lipinski definition) is 4. The molecule has 0 radical (unpaired) electrons. The molecular weight excluding hydrogens is 370 g/mol. The van der Waals surface area contributed by atoms with Gasteiger partial charge in [0.05, 0.1) is 11.4 Å². The van der Waals surface area contributed by atoms with Crippen LogP contribution < -0.4 is 15.4 Å². The second-order valence-electron chi connectivity index (χ2n) is 6.47. The van der Waals surface area contributed by atoms with Crippen LogP contribution in [0.25, 0.3) is 0 Å². The van der Waals surface area contributed by atoms with Gasteiger partial charge >= 0.3 is 0 Å². The Morgan fingerprint density at radius 3 is 2.33 bits per heavy atom. The van der Waals surface area contributed by atoms with Crippen LogP contribution >= 0.6 is 0 Å². The van der Waals surface area contributed by atoms with Crippen molar-refractivity contribution in [3.63, 3.8) is 0 Å². The fourth-order valence-electron chi connectivity index (χ4n) is 2.71. The molecule has 0 aliphatic heterocycles. The lowest BCUT2D eigenvalue weighted by Crippen LogP contribution is -2.34. The largest absolute Gasteiger partial charge is 0.483 e. The van der Waals surface area contributed by atoms with Crippen LogP contribution in [0.3, 0.4) is 0 Å². The quantitative estimate of drug-likeness (QED) is 0.495. The molecule has 4 N–H and O–H groups in total. The number of sulfonamides is 1. The number of hydrogen-bond acceptors (Lipinski definition) is 5. The first-order valence-electron chi connectivity index (χ1n) is 9.05. The Labute approximate surface area is 160 Å². The zero-order valence-corrected chi connectivity index (χ0v) is 16.6. The maximum absolute atomic E-state index is 12.2. The van der Waals surface area contributed by atoms with E-state index in [4.69, 9.17) is 9.90 Å². The van der Waals surface area contributed by atoms with Gasteiger partial charge < -0.3 is 15.7 Å². The normalized spacial score (nSPS) is 15.5. The van der Waals surface area contributed by atoms with Crippen LogP contribution in [0.4, 0.5) is 5.69 Å². The lowest BCUT2D eigenvalue weighted by Gasteiger charge is -2.13. The van der Waals surface area contributed by atoms with Gasteiger partial charge in [-0.2, -0.15) is 0 Å². The Morgan fingerprint density at radius 1 is 1.26 bits per heavy atom. The molecular formula is C18H29N3O5S. The van der Waals surface area contributed by atoms with Crippen LogP contribution in [0.15, 0.2) is 29.2 Å². The fourth-order valence-corrected chi connectivity index (χ4v) is 4.03. The van der Waals surface area contributed by atoms with Crippen molar-refractivity contribution < 1.29 is 23.1 Å². The standard InChI is InChI=1S/C17H27N3O3S.CH2O2/c1-3-13(2)20-24(22,23)16-10-8-15(9-11-16)19-17(21)12-18-14-6-4-5-7-14;2-1-3/h8-11,13-14,18,20H,3-7,12H2,1-2H3,(H,19,21);1H,(H,2,3). The number of carboxylic acid groups (broad SMARTS) is 1. The minimum atomic E-state index is -3.51.